The average Bonchev–Trinajstić information content (AvgIpc) is 2.61. The fourth-order valence-electron chi connectivity index (χ4n) is 3.85. The van der Waals surface area contributed by atoms with Crippen LogP contribution in [0.5, 0.6) is 0 Å². The maximum Gasteiger partial charge on any atom is 0.308 e. The van der Waals surface area contributed by atoms with Crippen LogP contribution in [0.2, 0.25) is 0 Å². The van der Waals surface area contributed by atoms with E-state index in [1.807, 2.05) is 6.07 Å². The third kappa shape index (κ3) is 4.33. The van der Waals surface area contributed by atoms with Gasteiger partial charge in [-0.2, -0.15) is 0 Å². The van der Waals surface area contributed by atoms with Gasteiger partial charge in [-0.25, -0.2) is 4.39 Å². The highest BCUT2D eigenvalue weighted by atomic mass is 19.1. The van der Waals surface area contributed by atoms with Gasteiger partial charge in [0, 0.05) is 13.1 Å². The number of carbonyl (C=O) groups excluding carboxylic acids is 1. The summed E-state index contributed by atoms with van der Waals surface area (Å²) >= 11 is 0. The molecule has 0 radical (unpaired) electrons. The van der Waals surface area contributed by atoms with Crippen molar-refractivity contribution in [2.75, 3.05) is 39.8 Å². The lowest BCUT2D eigenvalue weighted by molar-refractivity contribution is -0.147. The topological polar surface area (TPSA) is 32.8 Å². The van der Waals surface area contributed by atoms with Crippen LogP contribution in [-0.4, -0.2) is 55.6 Å². The number of esters is 1. The summed E-state index contributed by atoms with van der Waals surface area (Å²) in [5.41, 5.74) is 2.43. The number of hydrogen-bond acceptors (Lipinski definition) is 4. The van der Waals surface area contributed by atoms with Gasteiger partial charge in [0.15, 0.2) is 0 Å². The van der Waals surface area contributed by atoms with Crippen molar-refractivity contribution in [2.24, 2.45) is 5.92 Å². The van der Waals surface area contributed by atoms with Crippen LogP contribution in [0.4, 0.5) is 4.39 Å². The Morgan fingerprint density at radius 1 is 1.17 bits per heavy atom. The molecule has 2 aliphatic rings. The summed E-state index contributed by atoms with van der Waals surface area (Å²) in [6.45, 7) is 6.00. The van der Waals surface area contributed by atoms with Crippen LogP contribution in [0.1, 0.15) is 30.4 Å². The summed E-state index contributed by atoms with van der Waals surface area (Å²) in [6, 6.07) is 5.17. The standard InChI is InChI=1S/C19H27FN2O2/c1-24-19(23)16-6-10-21(11-7-16)8-2-9-22-12-5-15-3-4-18(20)13-17(15)14-22/h3-4,13,16H,2,5-12,14H2,1H3. The van der Waals surface area contributed by atoms with Gasteiger partial charge in [0.25, 0.3) is 0 Å². The Bertz CT molecular complexity index is 570. The molecule has 0 bridgehead atoms. The molecule has 0 atom stereocenters. The van der Waals surface area contributed by atoms with Gasteiger partial charge >= 0.3 is 5.97 Å². The summed E-state index contributed by atoms with van der Waals surface area (Å²) < 4.78 is 18.2. The number of fused-ring (bicyclic) bond motifs is 1. The molecule has 0 saturated carbocycles. The zero-order valence-electron chi connectivity index (χ0n) is 14.5. The zero-order chi connectivity index (χ0) is 16.9. The molecule has 0 N–H and O–H groups in total. The van der Waals surface area contributed by atoms with E-state index in [4.69, 9.17) is 4.74 Å². The van der Waals surface area contributed by atoms with Gasteiger partial charge in [0.05, 0.1) is 13.0 Å². The second-order valence-electron chi connectivity index (χ2n) is 6.93. The van der Waals surface area contributed by atoms with Crippen molar-refractivity contribution < 1.29 is 13.9 Å². The van der Waals surface area contributed by atoms with E-state index in [-0.39, 0.29) is 17.7 Å². The van der Waals surface area contributed by atoms with E-state index in [9.17, 15) is 9.18 Å². The summed E-state index contributed by atoms with van der Waals surface area (Å²) in [6.07, 6.45) is 3.94. The highest BCUT2D eigenvalue weighted by Gasteiger charge is 2.25. The van der Waals surface area contributed by atoms with E-state index in [0.717, 1.165) is 70.5 Å². The lowest BCUT2D eigenvalue weighted by atomic mass is 9.97. The smallest absolute Gasteiger partial charge is 0.308 e. The summed E-state index contributed by atoms with van der Waals surface area (Å²) in [7, 11) is 1.47. The number of halogens is 1. The lowest BCUT2D eigenvalue weighted by Gasteiger charge is -2.32. The highest BCUT2D eigenvalue weighted by Crippen LogP contribution is 2.21. The molecule has 0 spiro atoms. The molecular formula is C19H27FN2O2. The fourth-order valence-corrected chi connectivity index (χ4v) is 3.85. The van der Waals surface area contributed by atoms with Gasteiger partial charge in [-0.1, -0.05) is 6.07 Å². The molecule has 3 rings (SSSR count). The minimum Gasteiger partial charge on any atom is -0.469 e. The van der Waals surface area contributed by atoms with E-state index < -0.39 is 0 Å². The summed E-state index contributed by atoms with van der Waals surface area (Å²) in [5.74, 6) is -0.113. The van der Waals surface area contributed by atoms with Crippen LogP contribution < -0.4 is 0 Å². The molecule has 0 amide bonds. The molecule has 1 aromatic carbocycles. The number of rotatable bonds is 5. The summed E-state index contributed by atoms with van der Waals surface area (Å²) in [5, 5.41) is 0. The minimum atomic E-state index is -0.135. The van der Waals surface area contributed by atoms with Crippen LogP contribution in [0, 0.1) is 11.7 Å². The highest BCUT2D eigenvalue weighted by molar-refractivity contribution is 5.72. The second kappa shape index (κ2) is 8.08. The molecule has 0 unspecified atom stereocenters. The van der Waals surface area contributed by atoms with Crippen molar-refractivity contribution in [3.8, 4) is 0 Å². The van der Waals surface area contributed by atoms with Crippen molar-refractivity contribution >= 4 is 5.97 Å². The third-order valence-electron chi connectivity index (χ3n) is 5.33. The quantitative estimate of drug-likeness (QED) is 0.775. The van der Waals surface area contributed by atoms with Crippen LogP contribution in [0.25, 0.3) is 0 Å². The Kier molecular flexibility index (Phi) is 5.85. The van der Waals surface area contributed by atoms with Crippen LogP contribution >= 0.6 is 0 Å². The molecule has 0 aliphatic carbocycles. The van der Waals surface area contributed by atoms with Gasteiger partial charge in [0.1, 0.15) is 5.82 Å². The Morgan fingerprint density at radius 3 is 2.67 bits per heavy atom. The Morgan fingerprint density at radius 2 is 1.92 bits per heavy atom. The van der Waals surface area contributed by atoms with Crippen molar-refractivity contribution in [3.05, 3.63) is 35.1 Å². The predicted molar refractivity (Wildman–Crippen MR) is 91.2 cm³/mol. The van der Waals surface area contributed by atoms with E-state index >= 15 is 0 Å². The number of hydrogen-bond donors (Lipinski definition) is 0. The van der Waals surface area contributed by atoms with E-state index in [0.29, 0.717) is 0 Å². The number of carbonyl (C=O) groups is 1. The minimum absolute atomic E-state index is 0.0612. The average molecular weight is 334 g/mol. The first-order valence-electron chi connectivity index (χ1n) is 8.95. The number of ether oxygens (including phenoxy) is 1. The summed E-state index contributed by atoms with van der Waals surface area (Å²) in [4.78, 5) is 16.4. The zero-order valence-corrected chi connectivity index (χ0v) is 14.5. The Balaban J connectivity index is 1.38. The predicted octanol–water partition coefficient (Wildman–Crippen LogP) is 2.46. The van der Waals surface area contributed by atoms with Crippen molar-refractivity contribution in [2.45, 2.75) is 32.2 Å². The first-order valence-corrected chi connectivity index (χ1v) is 8.95. The number of benzene rings is 1. The molecule has 132 valence electrons. The molecule has 1 aromatic rings. The first kappa shape index (κ1) is 17.4. The van der Waals surface area contributed by atoms with E-state index in [1.54, 1.807) is 12.1 Å². The second-order valence-corrected chi connectivity index (χ2v) is 6.93. The fraction of sp³-hybridized carbons (Fsp3) is 0.632. The van der Waals surface area contributed by atoms with Gasteiger partial charge in [-0.15, -0.1) is 0 Å². The molecule has 1 saturated heterocycles. The number of likely N-dealkylation sites (tertiary alicyclic amines) is 1. The van der Waals surface area contributed by atoms with Gasteiger partial charge in [0.2, 0.25) is 0 Å². The maximum absolute atomic E-state index is 13.4. The SMILES string of the molecule is COC(=O)C1CCN(CCCN2CCc3ccc(F)cc3C2)CC1. The normalized spacial score (nSPS) is 19.9. The maximum atomic E-state index is 13.4. The van der Waals surface area contributed by atoms with E-state index in [2.05, 4.69) is 9.80 Å². The monoisotopic (exact) mass is 334 g/mol. The van der Waals surface area contributed by atoms with Gasteiger partial charge in [-0.05, 0) is 75.1 Å². The molecule has 24 heavy (non-hydrogen) atoms. The van der Waals surface area contributed by atoms with Crippen LogP contribution in [0.3, 0.4) is 0 Å². The number of piperidine rings is 1. The van der Waals surface area contributed by atoms with Gasteiger partial charge < -0.3 is 9.64 Å². The van der Waals surface area contributed by atoms with Crippen molar-refractivity contribution in [1.82, 2.24) is 9.80 Å². The number of nitrogens with zero attached hydrogens (tertiary/aromatic N) is 2. The molecule has 5 heteroatoms. The van der Waals surface area contributed by atoms with Crippen LogP contribution in [0.15, 0.2) is 18.2 Å². The largest absolute Gasteiger partial charge is 0.469 e. The molecule has 4 nitrogen and oxygen atoms in total. The van der Waals surface area contributed by atoms with Crippen molar-refractivity contribution in [1.29, 1.82) is 0 Å². The molecule has 2 heterocycles. The molecular weight excluding hydrogens is 307 g/mol. The van der Waals surface area contributed by atoms with Crippen LogP contribution in [-0.2, 0) is 22.5 Å². The molecule has 0 aromatic heterocycles. The van der Waals surface area contributed by atoms with Crippen molar-refractivity contribution in [3.63, 3.8) is 0 Å². The molecule has 2 aliphatic heterocycles. The van der Waals surface area contributed by atoms with Gasteiger partial charge in [-0.3, -0.25) is 9.69 Å². The Labute approximate surface area is 143 Å². The Hall–Kier alpha value is -1.46. The van der Waals surface area contributed by atoms with E-state index in [1.165, 1.54) is 12.7 Å². The number of methoxy groups -OCH3 is 1. The first-order chi connectivity index (χ1) is 11.7. The molecule has 1 fully saturated rings. The lowest BCUT2D eigenvalue weighted by Crippen LogP contribution is -2.39. The third-order valence-corrected chi connectivity index (χ3v) is 5.33.